The number of hydrogen-bond acceptors (Lipinski definition) is 2. The fourth-order valence-corrected chi connectivity index (χ4v) is 3.05. The van der Waals surface area contributed by atoms with Crippen molar-refractivity contribution in [2.24, 2.45) is 5.92 Å². The molecule has 0 bridgehead atoms. The molecule has 3 nitrogen and oxygen atoms in total. The Bertz CT molecular complexity index is 724. The quantitative estimate of drug-likeness (QED) is 0.865. The first-order valence-electron chi connectivity index (χ1n) is 6.82. The molecule has 1 heterocycles. The highest BCUT2D eigenvalue weighted by atomic mass is 19.1. The van der Waals surface area contributed by atoms with Gasteiger partial charge in [-0.15, -0.1) is 0 Å². The molecule has 4 heteroatoms. The third-order valence-corrected chi connectivity index (χ3v) is 4.01. The molecule has 0 radical (unpaired) electrons. The molecule has 3 rings (SSSR count). The minimum atomic E-state index is -0.993. The molecule has 0 saturated carbocycles. The molecule has 1 aromatic heterocycles. The lowest BCUT2D eigenvalue weighted by Crippen LogP contribution is -2.18. The molecule has 1 aliphatic rings. The van der Waals surface area contributed by atoms with E-state index in [0.717, 1.165) is 24.1 Å². The number of aryl methyl sites for hydroxylation is 2. The van der Waals surface area contributed by atoms with Gasteiger partial charge in [-0.2, -0.15) is 0 Å². The molecule has 2 aromatic rings. The van der Waals surface area contributed by atoms with Crippen LogP contribution in [0.3, 0.4) is 0 Å². The molecule has 0 spiro atoms. The SMILES string of the molecule is Cc1cc(F)c2nc3c(c(C(=O)O)c2c1)CC(C)CC3. The number of carboxylic acids is 1. The van der Waals surface area contributed by atoms with E-state index in [1.165, 1.54) is 6.07 Å². The van der Waals surface area contributed by atoms with Crippen LogP contribution < -0.4 is 0 Å². The smallest absolute Gasteiger partial charge is 0.336 e. The zero-order chi connectivity index (χ0) is 14.4. The van der Waals surface area contributed by atoms with E-state index in [0.29, 0.717) is 23.3 Å². The van der Waals surface area contributed by atoms with Gasteiger partial charge in [0.25, 0.3) is 0 Å². The summed E-state index contributed by atoms with van der Waals surface area (Å²) in [6, 6.07) is 3.12. The second-order valence-electron chi connectivity index (χ2n) is 5.71. The lowest BCUT2D eigenvalue weighted by molar-refractivity contribution is 0.0697. The number of fused-ring (bicyclic) bond motifs is 2. The molecule has 0 fully saturated rings. The Hall–Kier alpha value is -1.97. The Morgan fingerprint density at radius 3 is 2.90 bits per heavy atom. The molecular weight excluding hydrogens is 257 g/mol. The Balaban J connectivity index is 2.42. The van der Waals surface area contributed by atoms with Gasteiger partial charge in [-0.25, -0.2) is 14.2 Å². The van der Waals surface area contributed by atoms with Crippen molar-refractivity contribution in [1.29, 1.82) is 0 Å². The van der Waals surface area contributed by atoms with Crippen molar-refractivity contribution in [2.45, 2.75) is 33.1 Å². The van der Waals surface area contributed by atoms with Crippen molar-refractivity contribution in [1.82, 2.24) is 4.98 Å². The molecule has 1 aromatic carbocycles. The van der Waals surface area contributed by atoms with E-state index in [4.69, 9.17) is 0 Å². The van der Waals surface area contributed by atoms with Gasteiger partial charge < -0.3 is 5.11 Å². The van der Waals surface area contributed by atoms with Gasteiger partial charge in [0.15, 0.2) is 0 Å². The molecule has 1 unspecified atom stereocenters. The molecule has 20 heavy (non-hydrogen) atoms. The van der Waals surface area contributed by atoms with Crippen LogP contribution in [-0.4, -0.2) is 16.1 Å². The van der Waals surface area contributed by atoms with E-state index in [2.05, 4.69) is 11.9 Å². The van der Waals surface area contributed by atoms with Crippen LogP contribution in [0, 0.1) is 18.7 Å². The number of nitrogens with zero attached hydrogens (tertiary/aromatic N) is 1. The van der Waals surface area contributed by atoms with E-state index < -0.39 is 11.8 Å². The van der Waals surface area contributed by atoms with Crippen molar-refractivity contribution in [3.63, 3.8) is 0 Å². The van der Waals surface area contributed by atoms with Gasteiger partial charge >= 0.3 is 5.97 Å². The van der Waals surface area contributed by atoms with Crippen LogP contribution >= 0.6 is 0 Å². The Labute approximate surface area is 116 Å². The highest BCUT2D eigenvalue weighted by Crippen LogP contribution is 2.32. The van der Waals surface area contributed by atoms with Crippen LogP contribution in [0.1, 0.15) is 40.5 Å². The number of pyridine rings is 1. The van der Waals surface area contributed by atoms with Crippen molar-refractivity contribution in [3.05, 3.63) is 40.3 Å². The fourth-order valence-electron chi connectivity index (χ4n) is 3.05. The van der Waals surface area contributed by atoms with E-state index in [9.17, 15) is 14.3 Å². The summed E-state index contributed by atoms with van der Waals surface area (Å²) in [5.41, 5.74) is 2.66. The number of carbonyl (C=O) groups is 1. The molecule has 1 aliphatic carbocycles. The largest absolute Gasteiger partial charge is 0.478 e. The fraction of sp³-hybridized carbons (Fsp3) is 0.375. The second kappa shape index (κ2) is 4.54. The summed E-state index contributed by atoms with van der Waals surface area (Å²) in [5, 5.41) is 9.98. The molecule has 104 valence electrons. The van der Waals surface area contributed by atoms with Gasteiger partial charge in [0.2, 0.25) is 0 Å². The number of hydrogen-bond donors (Lipinski definition) is 1. The molecule has 1 atom stereocenters. The first-order valence-corrected chi connectivity index (χ1v) is 6.82. The Morgan fingerprint density at radius 2 is 2.20 bits per heavy atom. The minimum Gasteiger partial charge on any atom is -0.478 e. The third-order valence-electron chi connectivity index (χ3n) is 4.01. The normalized spacial score (nSPS) is 18.1. The molecule has 0 amide bonds. The first-order chi connectivity index (χ1) is 9.47. The summed E-state index contributed by atoms with van der Waals surface area (Å²) in [6.45, 7) is 3.87. The monoisotopic (exact) mass is 273 g/mol. The predicted octanol–water partition coefficient (Wildman–Crippen LogP) is 3.51. The van der Waals surface area contributed by atoms with Gasteiger partial charge in [0.05, 0.1) is 5.56 Å². The molecular formula is C16H16FNO2. The maximum atomic E-state index is 14.1. The number of carboxylic acid groups (broad SMARTS) is 1. The maximum absolute atomic E-state index is 14.1. The van der Waals surface area contributed by atoms with Gasteiger partial charge in [-0.3, -0.25) is 0 Å². The van der Waals surface area contributed by atoms with E-state index in [1.807, 2.05) is 0 Å². The van der Waals surface area contributed by atoms with Crippen LogP contribution in [0.5, 0.6) is 0 Å². The maximum Gasteiger partial charge on any atom is 0.336 e. The van der Waals surface area contributed by atoms with Crippen LogP contribution in [0.15, 0.2) is 12.1 Å². The second-order valence-corrected chi connectivity index (χ2v) is 5.71. The van der Waals surface area contributed by atoms with E-state index >= 15 is 0 Å². The number of aromatic nitrogens is 1. The highest BCUT2D eigenvalue weighted by Gasteiger charge is 2.26. The summed E-state index contributed by atoms with van der Waals surface area (Å²) >= 11 is 0. The lowest BCUT2D eigenvalue weighted by atomic mass is 9.84. The van der Waals surface area contributed by atoms with Crippen LogP contribution in [0.25, 0.3) is 10.9 Å². The minimum absolute atomic E-state index is 0.182. The average Bonchev–Trinajstić information content (AvgIpc) is 2.36. The summed E-state index contributed by atoms with van der Waals surface area (Å²) in [6.07, 6.45) is 2.40. The van der Waals surface area contributed by atoms with Crippen molar-refractivity contribution >= 4 is 16.9 Å². The summed E-state index contributed by atoms with van der Waals surface area (Å²) in [7, 11) is 0. The average molecular weight is 273 g/mol. The third kappa shape index (κ3) is 1.96. The van der Waals surface area contributed by atoms with Gasteiger partial charge in [-0.1, -0.05) is 6.92 Å². The van der Waals surface area contributed by atoms with Gasteiger partial charge in [0, 0.05) is 11.1 Å². The van der Waals surface area contributed by atoms with Gasteiger partial charge in [0.1, 0.15) is 11.3 Å². The molecule has 1 N–H and O–H groups in total. The Morgan fingerprint density at radius 1 is 1.45 bits per heavy atom. The summed E-state index contributed by atoms with van der Waals surface area (Å²) < 4.78 is 14.1. The highest BCUT2D eigenvalue weighted by molar-refractivity contribution is 6.04. The zero-order valence-corrected chi connectivity index (χ0v) is 11.5. The molecule has 0 aliphatic heterocycles. The van der Waals surface area contributed by atoms with E-state index in [-0.39, 0.29) is 11.1 Å². The van der Waals surface area contributed by atoms with E-state index in [1.54, 1.807) is 13.0 Å². The van der Waals surface area contributed by atoms with Crippen molar-refractivity contribution < 1.29 is 14.3 Å². The molecule has 0 saturated heterocycles. The topological polar surface area (TPSA) is 50.2 Å². The van der Waals surface area contributed by atoms with Crippen molar-refractivity contribution in [3.8, 4) is 0 Å². The lowest BCUT2D eigenvalue weighted by Gasteiger charge is -2.23. The zero-order valence-electron chi connectivity index (χ0n) is 11.5. The van der Waals surface area contributed by atoms with Crippen LogP contribution in [0.2, 0.25) is 0 Å². The number of benzene rings is 1. The predicted molar refractivity (Wildman–Crippen MR) is 74.6 cm³/mol. The standard InChI is InChI=1S/C16H16FNO2/c1-8-3-4-13-10(5-8)14(16(19)20)11-6-9(2)7-12(17)15(11)18-13/h6-8H,3-5H2,1-2H3,(H,19,20). The number of rotatable bonds is 1. The Kier molecular flexibility index (Phi) is 2.96. The van der Waals surface area contributed by atoms with Crippen LogP contribution in [-0.2, 0) is 12.8 Å². The first kappa shape index (κ1) is 13.0. The van der Waals surface area contributed by atoms with Crippen LogP contribution in [0.4, 0.5) is 4.39 Å². The van der Waals surface area contributed by atoms with Gasteiger partial charge in [-0.05, 0) is 55.4 Å². The number of halogens is 1. The summed E-state index contributed by atoms with van der Waals surface area (Å²) in [4.78, 5) is 16.1. The number of aromatic carboxylic acids is 1. The van der Waals surface area contributed by atoms with Crippen molar-refractivity contribution in [2.75, 3.05) is 0 Å². The summed E-state index contributed by atoms with van der Waals surface area (Å²) in [5.74, 6) is -0.994.